The van der Waals surface area contributed by atoms with Crippen LogP contribution in [0.3, 0.4) is 0 Å². The fourth-order valence-electron chi connectivity index (χ4n) is 2.73. The molecule has 0 aliphatic carbocycles. The molecule has 1 fully saturated rings. The third-order valence-corrected chi connectivity index (χ3v) is 3.89. The van der Waals surface area contributed by atoms with Crippen molar-refractivity contribution in [3.8, 4) is 0 Å². The largest absolute Gasteiger partial charge is 0.352 e. The Morgan fingerprint density at radius 3 is 2.75 bits per heavy atom. The van der Waals surface area contributed by atoms with Gasteiger partial charge in [0.25, 0.3) is 0 Å². The molecule has 3 rings (SSSR count). The standard InChI is InChI=1S/C13H19N5O2/c1-15(2)10-6-8-16(9-10)13-12(18(19)20)11-5-3-4-7-17(11)14-13/h3-5,7,10,19-20H,6,8-9H2,1-2H3. The van der Waals surface area contributed by atoms with Gasteiger partial charge >= 0.3 is 0 Å². The highest BCUT2D eigenvalue weighted by Crippen LogP contribution is 2.33. The van der Waals surface area contributed by atoms with Crippen molar-refractivity contribution in [2.75, 3.05) is 37.3 Å². The fraction of sp³-hybridized carbons (Fsp3) is 0.462. The minimum absolute atomic E-state index is 0.167. The van der Waals surface area contributed by atoms with Crippen LogP contribution in [0.2, 0.25) is 0 Å². The summed E-state index contributed by atoms with van der Waals surface area (Å²) >= 11 is 0. The Morgan fingerprint density at radius 1 is 1.30 bits per heavy atom. The minimum atomic E-state index is 0.167. The van der Waals surface area contributed by atoms with E-state index in [0.29, 0.717) is 23.1 Å². The van der Waals surface area contributed by atoms with Crippen LogP contribution in [-0.2, 0) is 0 Å². The number of fused-ring (bicyclic) bond motifs is 1. The summed E-state index contributed by atoms with van der Waals surface area (Å²) in [6.45, 7) is 1.69. The van der Waals surface area contributed by atoms with E-state index in [1.54, 1.807) is 10.7 Å². The lowest BCUT2D eigenvalue weighted by Crippen LogP contribution is -2.32. The molecular weight excluding hydrogens is 258 g/mol. The van der Waals surface area contributed by atoms with Crippen molar-refractivity contribution in [3.05, 3.63) is 24.4 Å². The number of likely N-dealkylation sites (N-methyl/N-ethyl adjacent to an activating group) is 1. The third kappa shape index (κ3) is 2.09. The summed E-state index contributed by atoms with van der Waals surface area (Å²) in [4.78, 5) is 4.28. The van der Waals surface area contributed by atoms with Crippen molar-refractivity contribution in [3.63, 3.8) is 0 Å². The van der Waals surface area contributed by atoms with E-state index >= 15 is 0 Å². The Morgan fingerprint density at radius 2 is 2.10 bits per heavy atom. The summed E-state index contributed by atoms with van der Waals surface area (Å²) in [5.41, 5.74) is 0.991. The summed E-state index contributed by atoms with van der Waals surface area (Å²) < 4.78 is 1.66. The number of hydrogen-bond donors (Lipinski definition) is 2. The highest BCUT2D eigenvalue weighted by molar-refractivity contribution is 5.83. The zero-order valence-electron chi connectivity index (χ0n) is 11.6. The van der Waals surface area contributed by atoms with Gasteiger partial charge in [-0.1, -0.05) is 6.07 Å². The smallest absolute Gasteiger partial charge is 0.180 e. The van der Waals surface area contributed by atoms with Gasteiger partial charge < -0.3 is 9.80 Å². The van der Waals surface area contributed by atoms with Crippen LogP contribution in [0.25, 0.3) is 5.52 Å². The SMILES string of the molecule is CN(C)C1CCN(c2nn3ccccc3c2N(O)O)C1. The van der Waals surface area contributed by atoms with Gasteiger partial charge in [0.15, 0.2) is 11.5 Å². The molecule has 0 saturated carbocycles. The number of anilines is 2. The van der Waals surface area contributed by atoms with Gasteiger partial charge in [0.1, 0.15) is 0 Å². The number of pyridine rings is 1. The van der Waals surface area contributed by atoms with E-state index in [1.165, 1.54) is 0 Å². The molecule has 1 aliphatic rings. The topological polar surface area (TPSA) is 67.5 Å². The predicted octanol–water partition coefficient (Wildman–Crippen LogP) is 1.06. The molecule has 108 valence electrons. The zero-order valence-corrected chi connectivity index (χ0v) is 11.6. The lowest BCUT2D eigenvalue weighted by atomic mass is 10.2. The van der Waals surface area contributed by atoms with E-state index in [-0.39, 0.29) is 5.23 Å². The number of aromatic nitrogens is 2. The zero-order chi connectivity index (χ0) is 14.3. The summed E-state index contributed by atoms with van der Waals surface area (Å²) in [6.07, 6.45) is 2.84. The fourth-order valence-corrected chi connectivity index (χ4v) is 2.73. The maximum absolute atomic E-state index is 9.53. The van der Waals surface area contributed by atoms with Gasteiger partial charge in [0.2, 0.25) is 0 Å². The number of hydrogen-bond acceptors (Lipinski definition) is 6. The molecule has 2 aromatic rings. The Balaban J connectivity index is 2.01. The molecule has 2 aromatic heterocycles. The van der Waals surface area contributed by atoms with E-state index in [1.807, 2.05) is 18.2 Å². The average Bonchev–Trinajstić information content (AvgIpc) is 3.02. The van der Waals surface area contributed by atoms with Gasteiger partial charge in [0.05, 0.1) is 5.52 Å². The number of rotatable bonds is 3. The van der Waals surface area contributed by atoms with Crippen molar-refractivity contribution in [1.29, 1.82) is 0 Å². The van der Waals surface area contributed by atoms with Crippen LogP contribution in [0, 0.1) is 0 Å². The molecule has 1 saturated heterocycles. The Bertz CT molecular complexity index is 610. The van der Waals surface area contributed by atoms with Crippen LogP contribution >= 0.6 is 0 Å². The van der Waals surface area contributed by atoms with Crippen molar-refractivity contribution in [2.24, 2.45) is 0 Å². The molecule has 0 radical (unpaired) electrons. The molecule has 7 heteroatoms. The summed E-state index contributed by atoms with van der Waals surface area (Å²) in [5, 5.41) is 23.7. The van der Waals surface area contributed by atoms with Crippen molar-refractivity contribution in [1.82, 2.24) is 14.5 Å². The maximum Gasteiger partial charge on any atom is 0.180 e. The van der Waals surface area contributed by atoms with Crippen LogP contribution in [0.5, 0.6) is 0 Å². The molecule has 0 aromatic carbocycles. The molecule has 1 unspecified atom stereocenters. The van der Waals surface area contributed by atoms with Gasteiger partial charge in [-0.25, -0.2) is 4.52 Å². The lowest BCUT2D eigenvalue weighted by molar-refractivity contribution is 0.0302. The van der Waals surface area contributed by atoms with Gasteiger partial charge in [-0.3, -0.25) is 10.4 Å². The van der Waals surface area contributed by atoms with Crippen molar-refractivity contribution < 1.29 is 10.4 Å². The highest BCUT2D eigenvalue weighted by Gasteiger charge is 2.29. The van der Waals surface area contributed by atoms with Crippen LogP contribution in [0.4, 0.5) is 11.5 Å². The van der Waals surface area contributed by atoms with Crippen LogP contribution < -0.4 is 10.1 Å². The first-order valence-corrected chi connectivity index (χ1v) is 6.64. The van der Waals surface area contributed by atoms with Crippen molar-refractivity contribution >= 4 is 17.0 Å². The first kappa shape index (κ1) is 13.2. The molecular formula is C13H19N5O2. The Labute approximate surface area is 117 Å². The molecule has 0 amide bonds. The van der Waals surface area contributed by atoms with E-state index in [2.05, 4.69) is 29.0 Å². The highest BCUT2D eigenvalue weighted by atomic mass is 16.8. The van der Waals surface area contributed by atoms with Crippen LogP contribution in [0.1, 0.15) is 6.42 Å². The van der Waals surface area contributed by atoms with E-state index in [4.69, 9.17) is 0 Å². The molecule has 3 heterocycles. The predicted molar refractivity (Wildman–Crippen MR) is 75.5 cm³/mol. The maximum atomic E-state index is 9.53. The monoisotopic (exact) mass is 277 g/mol. The van der Waals surface area contributed by atoms with Gasteiger partial charge in [0, 0.05) is 25.3 Å². The molecule has 0 spiro atoms. The van der Waals surface area contributed by atoms with Gasteiger partial charge in [-0.05, 0) is 32.6 Å². The van der Waals surface area contributed by atoms with Gasteiger partial charge in [-0.2, -0.15) is 0 Å². The molecule has 7 nitrogen and oxygen atoms in total. The molecule has 2 N–H and O–H groups in total. The second kappa shape index (κ2) is 4.93. The second-order valence-corrected chi connectivity index (χ2v) is 5.34. The van der Waals surface area contributed by atoms with E-state index in [9.17, 15) is 10.4 Å². The quantitative estimate of drug-likeness (QED) is 0.818. The van der Waals surface area contributed by atoms with Crippen LogP contribution in [-0.4, -0.2) is 58.2 Å². The molecule has 0 bridgehead atoms. The Hall–Kier alpha value is -1.83. The minimum Gasteiger partial charge on any atom is -0.352 e. The van der Waals surface area contributed by atoms with E-state index < -0.39 is 0 Å². The lowest BCUT2D eigenvalue weighted by Gasteiger charge is -2.21. The first-order valence-electron chi connectivity index (χ1n) is 6.64. The summed E-state index contributed by atoms with van der Waals surface area (Å²) in [6, 6.07) is 5.98. The average molecular weight is 277 g/mol. The third-order valence-electron chi connectivity index (χ3n) is 3.89. The van der Waals surface area contributed by atoms with Crippen molar-refractivity contribution in [2.45, 2.75) is 12.5 Å². The van der Waals surface area contributed by atoms with Gasteiger partial charge in [-0.15, -0.1) is 10.3 Å². The summed E-state index contributed by atoms with van der Waals surface area (Å²) in [5.74, 6) is 0.602. The van der Waals surface area contributed by atoms with Crippen LogP contribution in [0.15, 0.2) is 24.4 Å². The molecule has 1 aliphatic heterocycles. The summed E-state index contributed by atoms with van der Waals surface area (Å²) in [7, 11) is 4.12. The van der Waals surface area contributed by atoms with E-state index in [0.717, 1.165) is 19.5 Å². The second-order valence-electron chi connectivity index (χ2n) is 5.34. The first-order chi connectivity index (χ1) is 9.58. The number of nitrogens with zero attached hydrogens (tertiary/aromatic N) is 5. The normalized spacial score (nSPS) is 19.2. The molecule has 20 heavy (non-hydrogen) atoms. The Kier molecular flexibility index (Phi) is 3.25. The molecule has 1 atom stereocenters.